The number of aromatic nitrogens is 2. The van der Waals surface area contributed by atoms with Gasteiger partial charge in [-0.2, -0.15) is 0 Å². The number of hydrogen-bond donors (Lipinski definition) is 2. The van der Waals surface area contributed by atoms with Crippen LogP contribution in [-0.2, 0) is 10.0 Å². The number of methoxy groups -OCH3 is 1. The molecule has 26 heavy (non-hydrogen) atoms. The molecule has 0 spiro atoms. The van der Waals surface area contributed by atoms with Crippen molar-refractivity contribution in [2.45, 2.75) is 11.8 Å². The number of aryl methyl sites for hydroxylation is 1. The number of nitrogens with one attached hydrogen (secondary N) is 2. The molecule has 7 nitrogen and oxygen atoms in total. The van der Waals surface area contributed by atoms with Crippen LogP contribution in [0, 0.1) is 6.92 Å². The van der Waals surface area contributed by atoms with Crippen molar-refractivity contribution in [2.75, 3.05) is 17.1 Å². The molecule has 3 rings (SSSR count). The van der Waals surface area contributed by atoms with Gasteiger partial charge in [-0.05, 0) is 48.9 Å². The fourth-order valence-corrected chi connectivity index (χ4v) is 3.56. The Bertz CT molecular complexity index is 991. The third-order valence-electron chi connectivity index (χ3n) is 3.56. The molecule has 1 heterocycles. The lowest BCUT2D eigenvalue weighted by Gasteiger charge is -2.12. The molecule has 0 saturated heterocycles. The van der Waals surface area contributed by atoms with Gasteiger partial charge in [-0.1, -0.05) is 24.3 Å². The second-order valence-corrected chi connectivity index (χ2v) is 7.21. The van der Waals surface area contributed by atoms with Crippen LogP contribution in [0.1, 0.15) is 5.56 Å². The summed E-state index contributed by atoms with van der Waals surface area (Å²) in [5.74, 6) is 0.887. The highest BCUT2D eigenvalue weighted by Gasteiger charge is 2.20. The van der Waals surface area contributed by atoms with Crippen molar-refractivity contribution >= 4 is 27.3 Å². The zero-order chi connectivity index (χ0) is 18.6. The van der Waals surface area contributed by atoms with E-state index in [-0.39, 0.29) is 16.5 Å². The predicted molar refractivity (Wildman–Crippen MR) is 100 cm³/mol. The van der Waals surface area contributed by atoms with Crippen LogP contribution in [0.5, 0.6) is 5.75 Å². The first-order valence-electron chi connectivity index (χ1n) is 7.81. The van der Waals surface area contributed by atoms with Crippen molar-refractivity contribution in [3.05, 3.63) is 66.2 Å². The standard InChI is InChI=1S/C18H18N4O3S/c1-13-8-9-15(25-2)16(12-13)26(23,24)22-18-11-10-17(20-21-18)19-14-6-4-3-5-7-14/h3-12H,1-2H3,(H,19,20)(H,21,22). The summed E-state index contributed by atoms with van der Waals surface area (Å²) in [5.41, 5.74) is 1.67. The minimum atomic E-state index is -3.85. The van der Waals surface area contributed by atoms with Crippen molar-refractivity contribution < 1.29 is 13.2 Å². The maximum atomic E-state index is 12.6. The summed E-state index contributed by atoms with van der Waals surface area (Å²) in [6.45, 7) is 1.81. The molecule has 0 atom stereocenters. The number of anilines is 3. The molecule has 0 unspecified atom stereocenters. The Balaban J connectivity index is 1.79. The number of para-hydroxylation sites is 1. The van der Waals surface area contributed by atoms with Crippen LogP contribution in [0.3, 0.4) is 0 Å². The molecule has 8 heteroatoms. The summed E-state index contributed by atoms with van der Waals surface area (Å²) in [7, 11) is -2.42. The molecule has 0 fully saturated rings. The van der Waals surface area contributed by atoms with E-state index in [9.17, 15) is 8.42 Å². The highest BCUT2D eigenvalue weighted by Crippen LogP contribution is 2.26. The Kier molecular flexibility index (Phi) is 5.04. The van der Waals surface area contributed by atoms with Crippen LogP contribution in [0.25, 0.3) is 0 Å². The number of ether oxygens (including phenoxy) is 1. The minimum Gasteiger partial charge on any atom is -0.495 e. The Hall–Kier alpha value is -3.13. The molecule has 0 radical (unpaired) electrons. The van der Waals surface area contributed by atoms with Crippen LogP contribution < -0.4 is 14.8 Å². The van der Waals surface area contributed by atoms with E-state index in [1.54, 1.807) is 24.3 Å². The highest BCUT2D eigenvalue weighted by molar-refractivity contribution is 7.92. The fraction of sp³-hybridized carbons (Fsp3) is 0.111. The molecule has 134 valence electrons. The number of rotatable bonds is 6. The van der Waals surface area contributed by atoms with Gasteiger partial charge in [-0.15, -0.1) is 10.2 Å². The SMILES string of the molecule is COc1ccc(C)cc1S(=O)(=O)Nc1ccc(Nc2ccccc2)nn1. The first-order valence-corrected chi connectivity index (χ1v) is 9.29. The van der Waals surface area contributed by atoms with Gasteiger partial charge in [0.1, 0.15) is 10.6 Å². The normalized spacial score (nSPS) is 11.0. The van der Waals surface area contributed by atoms with Gasteiger partial charge in [0.15, 0.2) is 11.6 Å². The summed E-state index contributed by atoms with van der Waals surface area (Å²) < 4.78 is 32.8. The van der Waals surface area contributed by atoms with Gasteiger partial charge in [0, 0.05) is 5.69 Å². The zero-order valence-electron chi connectivity index (χ0n) is 14.3. The molecule has 0 aliphatic heterocycles. The predicted octanol–water partition coefficient (Wildman–Crippen LogP) is 3.34. The van der Waals surface area contributed by atoms with Gasteiger partial charge in [-0.25, -0.2) is 8.42 Å². The van der Waals surface area contributed by atoms with E-state index < -0.39 is 10.0 Å². The fourth-order valence-electron chi connectivity index (χ4n) is 2.31. The van der Waals surface area contributed by atoms with Gasteiger partial charge in [0.05, 0.1) is 7.11 Å². The second kappa shape index (κ2) is 7.40. The topological polar surface area (TPSA) is 93.2 Å². The second-order valence-electron chi connectivity index (χ2n) is 5.55. The highest BCUT2D eigenvalue weighted by atomic mass is 32.2. The van der Waals surface area contributed by atoms with Crippen LogP contribution in [0.4, 0.5) is 17.3 Å². The Morgan fingerprint density at radius 2 is 1.62 bits per heavy atom. The maximum absolute atomic E-state index is 12.6. The Morgan fingerprint density at radius 3 is 2.27 bits per heavy atom. The first kappa shape index (κ1) is 17.7. The maximum Gasteiger partial charge on any atom is 0.266 e. The van der Waals surface area contributed by atoms with Crippen molar-refractivity contribution in [2.24, 2.45) is 0 Å². The smallest absolute Gasteiger partial charge is 0.266 e. The van der Waals surface area contributed by atoms with E-state index in [1.165, 1.54) is 13.2 Å². The van der Waals surface area contributed by atoms with Crippen LogP contribution in [0.2, 0.25) is 0 Å². The number of nitrogens with zero attached hydrogens (tertiary/aromatic N) is 2. The van der Waals surface area contributed by atoms with Gasteiger partial charge in [0.2, 0.25) is 0 Å². The van der Waals surface area contributed by atoms with Gasteiger partial charge in [-0.3, -0.25) is 4.72 Å². The van der Waals surface area contributed by atoms with Crippen LogP contribution in [-0.4, -0.2) is 25.7 Å². The third-order valence-corrected chi connectivity index (χ3v) is 4.93. The molecule has 1 aromatic heterocycles. The lowest BCUT2D eigenvalue weighted by atomic mass is 10.2. The van der Waals surface area contributed by atoms with Crippen LogP contribution >= 0.6 is 0 Å². The summed E-state index contributed by atoms with van der Waals surface area (Å²) in [6, 6.07) is 17.6. The quantitative estimate of drug-likeness (QED) is 0.691. The van der Waals surface area contributed by atoms with Crippen molar-refractivity contribution in [1.29, 1.82) is 0 Å². The van der Waals surface area contributed by atoms with Gasteiger partial charge >= 0.3 is 0 Å². The van der Waals surface area contributed by atoms with E-state index in [2.05, 4.69) is 20.2 Å². The number of hydrogen-bond acceptors (Lipinski definition) is 6. The molecule has 0 aliphatic carbocycles. The molecule has 2 N–H and O–H groups in total. The first-order chi connectivity index (χ1) is 12.5. The largest absolute Gasteiger partial charge is 0.495 e. The molecule has 0 saturated carbocycles. The summed E-state index contributed by atoms with van der Waals surface area (Å²) >= 11 is 0. The van der Waals surface area contributed by atoms with E-state index in [4.69, 9.17) is 4.74 Å². The third kappa shape index (κ3) is 4.09. The Morgan fingerprint density at radius 1 is 0.923 bits per heavy atom. The monoisotopic (exact) mass is 370 g/mol. The van der Waals surface area contributed by atoms with E-state index >= 15 is 0 Å². The molecule has 0 aliphatic rings. The van der Waals surface area contributed by atoms with E-state index in [0.29, 0.717) is 5.82 Å². The molecule has 3 aromatic rings. The zero-order valence-corrected chi connectivity index (χ0v) is 15.1. The summed E-state index contributed by atoms with van der Waals surface area (Å²) in [6.07, 6.45) is 0. The van der Waals surface area contributed by atoms with E-state index in [0.717, 1.165) is 11.3 Å². The van der Waals surface area contributed by atoms with Gasteiger partial charge < -0.3 is 10.1 Å². The Labute approximate surface area is 152 Å². The van der Waals surface area contributed by atoms with E-state index in [1.807, 2.05) is 37.3 Å². The summed E-state index contributed by atoms with van der Waals surface area (Å²) in [4.78, 5) is 0.0493. The average Bonchev–Trinajstić information content (AvgIpc) is 2.64. The minimum absolute atomic E-state index is 0.0493. The molecular weight excluding hydrogens is 352 g/mol. The number of benzene rings is 2. The summed E-state index contributed by atoms with van der Waals surface area (Å²) in [5, 5.41) is 11.0. The van der Waals surface area contributed by atoms with Crippen molar-refractivity contribution in [3.63, 3.8) is 0 Å². The van der Waals surface area contributed by atoms with Crippen LogP contribution in [0.15, 0.2) is 65.6 Å². The lowest BCUT2D eigenvalue weighted by molar-refractivity contribution is 0.402. The average molecular weight is 370 g/mol. The molecular formula is C18H18N4O3S. The lowest BCUT2D eigenvalue weighted by Crippen LogP contribution is -2.15. The molecule has 2 aromatic carbocycles. The molecule has 0 bridgehead atoms. The van der Waals surface area contributed by atoms with Crippen molar-refractivity contribution in [1.82, 2.24) is 10.2 Å². The molecule has 0 amide bonds. The number of sulfonamides is 1. The van der Waals surface area contributed by atoms with Gasteiger partial charge in [0.25, 0.3) is 10.0 Å². The van der Waals surface area contributed by atoms with Crippen molar-refractivity contribution in [3.8, 4) is 5.75 Å².